The first-order valence-electron chi connectivity index (χ1n) is 5.86. The van der Waals surface area contributed by atoms with Crippen molar-refractivity contribution in [1.82, 2.24) is 14.7 Å². The fourth-order valence-corrected chi connectivity index (χ4v) is 3.36. The van der Waals surface area contributed by atoms with Gasteiger partial charge >= 0.3 is 0 Å². The highest BCUT2D eigenvalue weighted by molar-refractivity contribution is 7.15. The molecule has 2 aromatic rings. The number of fused-ring (bicyclic) bond motifs is 1. The quantitative estimate of drug-likeness (QED) is 0.869. The normalized spacial score (nSPS) is 27.2. The van der Waals surface area contributed by atoms with Crippen LogP contribution >= 0.6 is 22.9 Å². The predicted molar refractivity (Wildman–Crippen MR) is 71.7 cm³/mol. The van der Waals surface area contributed by atoms with E-state index in [0.717, 1.165) is 23.6 Å². The summed E-state index contributed by atoms with van der Waals surface area (Å²) < 4.78 is 2.07. The van der Waals surface area contributed by atoms with Crippen LogP contribution < -0.4 is 5.32 Å². The van der Waals surface area contributed by atoms with Gasteiger partial charge in [0.05, 0.1) is 5.69 Å². The highest BCUT2D eigenvalue weighted by Crippen LogP contribution is 2.44. The van der Waals surface area contributed by atoms with Crippen molar-refractivity contribution >= 4 is 27.9 Å². The molecule has 0 spiro atoms. The maximum atomic E-state index is 6.21. The first kappa shape index (κ1) is 11.5. The molecule has 5 heteroatoms. The smallest absolute Gasteiger partial charge is 0.193 e. The number of halogens is 1. The minimum absolute atomic E-state index is 0.193. The van der Waals surface area contributed by atoms with Crippen molar-refractivity contribution in [2.45, 2.75) is 38.2 Å². The van der Waals surface area contributed by atoms with Crippen LogP contribution in [0.2, 0.25) is 0 Å². The van der Waals surface area contributed by atoms with Crippen LogP contribution in [0, 0.1) is 5.41 Å². The van der Waals surface area contributed by atoms with Crippen LogP contribution in [0.15, 0.2) is 17.8 Å². The Morgan fingerprint density at radius 1 is 1.65 bits per heavy atom. The van der Waals surface area contributed by atoms with E-state index in [1.807, 2.05) is 11.6 Å². The summed E-state index contributed by atoms with van der Waals surface area (Å²) in [5, 5.41) is 5.90. The third kappa shape index (κ3) is 1.88. The van der Waals surface area contributed by atoms with Gasteiger partial charge in [0.1, 0.15) is 0 Å². The van der Waals surface area contributed by atoms with Crippen LogP contribution in [-0.4, -0.2) is 20.8 Å². The Kier molecular flexibility index (Phi) is 2.69. The lowest BCUT2D eigenvalue weighted by molar-refractivity contribution is 0.115. The molecule has 2 unspecified atom stereocenters. The number of hydrogen-bond donors (Lipinski definition) is 1. The number of nitrogens with one attached hydrogen (secondary N) is 1. The first-order chi connectivity index (χ1) is 8.07. The second-order valence-electron chi connectivity index (χ2n) is 5.28. The molecule has 3 rings (SSSR count). The summed E-state index contributed by atoms with van der Waals surface area (Å²) in [6.07, 6.45) is 5.18. The van der Waals surface area contributed by atoms with Crippen LogP contribution in [0.3, 0.4) is 0 Å². The number of hydrogen-bond acceptors (Lipinski definition) is 3. The Labute approximate surface area is 110 Å². The molecule has 0 bridgehead atoms. The molecule has 17 heavy (non-hydrogen) atoms. The zero-order chi connectivity index (χ0) is 12.0. The summed E-state index contributed by atoms with van der Waals surface area (Å²) in [7, 11) is 0. The Bertz CT molecular complexity index is 502. The van der Waals surface area contributed by atoms with Gasteiger partial charge in [0.25, 0.3) is 0 Å². The minimum atomic E-state index is 0.193. The van der Waals surface area contributed by atoms with Crippen molar-refractivity contribution in [3.8, 4) is 0 Å². The second kappa shape index (κ2) is 3.97. The summed E-state index contributed by atoms with van der Waals surface area (Å²) in [6, 6.07) is 0.504. The molecule has 92 valence electrons. The van der Waals surface area contributed by atoms with Crippen LogP contribution in [0.4, 0.5) is 0 Å². The van der Waals surface area contributed by atoms with Gasteiger partial charge in [-0.05, 0) is 11.8 Å². The van der Waals surface area contributed by atoms with Crippen molar-refractivity contribution in [3.05, 3.63) is 23.5 Å². The molecule has 2 heterocycles. The SMILES string of the molecule is CC1(C)C(Cl)CC1NCc1cn2ccsc2n1. The topological polar surface area (TPSA) is 29.3 Å². The van der Waals surface area contributed by atoms with Crippen LogP contribution in [0.5, 0.6) is 0 Å². The highest BCUT2D eigenvalue weighted by Gasteiger charge is 2.46. The largest absolute Gasteiger partial charge is 0.308 e. The van der Waals surface area contributed by atoms with E-state index in [9.17, 15) is 0 Å². The summed E-state index contributed by atoms with van der Waals surface area (Å²) in [4.78, 5) is 5.62. The van der Waals surface area contributed by atoms with Crippen molar-refractivity contribution in [2.75, 3.05) is 0 Å². The van der Waals surface area contributed by atoms with Gasteiger partial charge in [0.15, 0.2) is 4.96 Å². The lowest BCUT2D eigenvalue weighted by Gasteiger charge is -2.49. The van der Waals surface area contributed by atoms with E-state index in [0.29, 0.717) is 11.4 Å². The number of nitrogens with zero attached hydrogens (tertiary/aromatic N) is 2. The van der Waals surface area contributed by atoms with Gasteiger partial charge in [0.2, 0.25) is 0 Å². The molecule has 2 aromatic heterocycles. The second-order valence-corrected chi connectivity index (χ2v) is 6.68. The zero-order valence-electron chi connectivity index (χ0n) is 9.98. The van der Waals surface area contributed by atoms with E-state index in [1.54, 1.807) is 11.3 Å². The van der Waals surface area contributed by atoms with Crippen molar-refractivity contribution < 1.29 is 0 Å². The van der Waals surface area contributed by atoms with E-state index < -0.39 is 0 Å². The molecule has 1 saturated carbocycles. The molecule has 1 aliphatic rings. The van der Waals surface area contributed by atoms with Crippen LogP contribution in [-0.2, 0) is 6.54 Å². The van der Waals surface area contributed by atoms with E-state index >= 15 is 0 Å². The van der Waals surface area contributed by atoms with Gasteiger partial charge in [-0.3, -0.25) is 4.40 Å². The number of imidazole rings is 1. The van der Waals surface area contributed by atoms with Gasteiger partial charge in [-0.25, -0.2) is 4.98 Å². The third-order valence-electron chi connectivity index (χ3n) is 3.82. The molecule has 0 aromatic carbocycles. The summed E-state index contributed by atoms with van der Waals surface area (Å²) in [6.45, 7) is 5.27. The van der Waals surface area contributed by atoms with Gasteiger partial charge < -0.3 is 5.32 Å². The maximum absolute atomic E-state index is 6.21. The molecule has 0 aliphatic heterocycles. The van der Waals surface area contributed by atoms with Gasteiger partial charge in [-0.2, -0.15) is 0 Å². The molecule has 1 fully saturated rings. The minimum Gasteiger partial charge on any atom is -0.308 e. The average molecular weight is 270 g/mol. The number of aromatic nitrogens is 2. The van der Waals surface area contributed by atoms with Crippen molar-refractivity contribution in [2.24, 2.45) is 5.41 Å². The van der Waals surface area contributed by atoms with E-state index in [4.69, 9.17) is 11.6 Å². The Balaban J connectivity index is 1.63. The molecule has 0 amide bonds. The number of alkyl halides is 1. The number of rotatable bonds is 3. The fourth-order valence-electron chi connectivity index (χ4n) is 2.31. The monoisotopic (exact) mass is 269 g/mol. The van der Waals surface area contributed by atoms with Gasteiger partial charge in [0, 0.05) is 35.7 Å². The first-order valence-corrected chi connectivity index (χ1v) is 7.17. The van der Waals surface area contributed by atoms with E-state index in [2.05, 4.69) is 34.7 Å². The van der Waals surface area contributed by atoms with Crippen molar-refractivity contribution in [1.29, 1.82) is 0 Å². The molecule has 0 saturated heterocycles. The highest BCUT2D eigenvalue weighted by atomic mass is 35.5. The molecule has 3 nitrogen and oxygen atoms in total. The number of thiazole rings is 1. The summed E-state index contributed by atoms with van der Waals surface area (Å²) in [5.41, 5.74) is 1.30. The van der Waals surface area contributed by atoms with Gasteiger partial charge in [-0.1, -0.05) is 13.8 Å². The van der Waals surface area contributed by atoms with E-state index in [1.165, 1.54) is 0 Å². The fraction of sp³-hybridized carbons (Fsp3) is 0.583. The summed E-state index contributed by atoms with van der Waals surface area (Å²) in [5.74, 6) is 0. The molecular weight excluding hydrogens is 254 g/mol. The van der Waals surface area contributed by atoms with Crippen LogP contribution in [0.1, 0.15) is 26.0 Å². The lowest BCUT2D eigenvalue weighted by atomic mass is 9.67. The zero-order valence-corrected chi connectivity index (χ0v) is 11.6. The molecule has 0 radical (unpaired) electrons. The van der Waals surface area contributed by atoms with Crippen LogP contribution in [0.25, 0.3) is 4.96 Å². The maximum Gasteiger partial charge on any atom is 0.193 e. The molecule has 2 atom stereocenters. The molecule has 1 aliphatic carbocycles. The summed E-state index contributed by atoms with van der Waals surface area (Å²) >= 11 is 7.87. The Morgan fingerprint density at radius 3 is 3.12 bits per heavy atom. The Morgan fingerprint density at radius 2 is 2.47 bits per heavy atom. The van der Waals surface area contributed by atoms with Crippen molar-refractivity contribution in [3.63, 3.8) is 0 Å². The Hall–Kier alpha value is -0.580. The standard InChI is InChI=1S/C12H16ClN3S/c1-12(2)9(13)5-10(12)14-6-8-7-16-3-4-17-11(16)15-8/h3-4,7,9-10,14H,5-6H2,1-2H3. The average Bonchev–Trinajstić information content (AvgIpc) is 2.83. The van der Waals surface area contributed by atoms with E-state index in [-0.39, 0.29) is 5.41 Å². The third-order valence-corrected chi connectivity index (χ3v) is 5.33. The van der Waals surface area contributed by atoms with Gasteiger partial charge in [-0.15, -0.1) is 22.9 Å². The lowest BCUT2D eigenvalue weighted by Crippen LogP contribution is -2.57. The molecular formula is C12H16ClN3S. The molecule has 1 N–H and O–H groups in total. The predicted octanol–water partition coefficient (Wildman–Crippen LogP) is 2.89.